The molecule has 156 valence electrons. The van der Waals surface area contributed by atoms with Crippen molar-refractivity contribution in [2.75, 3.05) is 4.90 Å². The molecular formula is C24H16Cl3NO3. The van der Waals surface area contributed by atoms with Crippen molar-refractivity contribution >= 4 is 57.9 Å². The number of rotatable bonds is 3. The van der Waals surface area contributed by atoms with Crippen LogP contribution < -0.4 is 4.90 Å². The van der Waals surface area contributed by atoms with Crippen LogP contribution in [0.5, 0.6) is 0 Å². The summed E-state index contributed by atoms with van der Waals surface area (Å²) in [6, 6.07) is 17.6. The summed E-state index contributed by atoms with van der Waals surface area (Å²) in [5, 5.41) is 12.1. The molecule has 0 bridgehead atoms. The second-order valence-electron chi connectivity index (χ2n) is 7.19. The third kappa shape index (κ3) is 3.94. The average molecular weight is 473 g/mol. The Balaban J connectivity index is 1.95. The minimum Gasteiger partial charge on any atom is -0.507 e. The highest BCUT2D eigenvalue weighted by atomic mass is 35.5. The molecule has 1 atom stereocenters. The molecule has 3 aromatic rings. The first-order chi connectivity index (χ1) is 14.8. The zero-order valence-electron chi connectivity index (χ0n) is 16.3. The van der Waals surface area contributed by atoms with Crippen LogP contribution in [0.15, 0.2) is 72.3 Å². The van der Waals surface area contributed by atoms with Crippen molar-refractivity contribution < 1.29 is 14.7 Å². The van der Waals surface area contributed by atoms with Gasteiger partial charge in [-0.05, 0) is 61.0 Å². The van der Waals surface area contributed by atoms with Crippen molar-refractivity contribution in [3.63, 3.8) is 0 Å². The van der Waals surface area contributed by atoms with Crippen LogP contribution in [0.3, 0.4) is 0 Å². The summed E-state index contributed by atoms with van der Waals surface area (Å²) in [4.78, 5) is 27.5. The largest absolute Gasteiger partial charge is 0.507 e. The molecule has 4 rings (SSSR count). The van der Waals surface area contributed by atoms with Gasteiger partial charge in [0.2, 0.25) is 0 Å². The van der Waals surface area contributed by atoms with E-state index >= 15 is 0 Å². The molecule has 0 aromatic heterocycles. The minimum atomic E-state index is -0.881. The Morgan fingerprint density at radius 2 is 1.52 bits per heavy atom. The normalized spacial score (nSPS) is 17.9. The second-order valence-corrected chi connectivity index (χ2v) is 8.44. The lowest BCUT2D eigenvalue weighted by atomic mass is 9.95. The summed E-state index contributed by atoms with van der Waals surface area (Å²) >= 11 is 18.2. The number of aryl methyl sites for hydroxylation is 1. The van der Waals surface area contributed by atoms with Gasteiger partial charge in [0.1, 0.15) is 5.76 Å². The Morgan fingerprint density at radius 3 is 2.13 bits per heavy atom. The zero-order chi connectivity index (χ0) is 22.3. The van der Waals surface area contributed by atoms with Crippen LogP contribution in [0.1, 0.15) is 22.7 Å². The number of hydrogen-bond donors (Lipinski definition) is 1. The van der Waals surface area contributed by atoms with Crippen molar-refractivity contribution in [2.45, 2.75) is 13.0 Å². The van der Waals surface area contributed by atoms with E-state index in [0.29, 0.717) is 26.9 Å². The highest BCUT2D eigenvalue weighted by molar-refractivity contribution is 6.52. The van der Waals surface area contributed by atoms with E-state index in [1.165, 1.54) is 4.90 Å². The average Bonchev–Trinajstić information content (AvgIpc) is 3.01. The van der Waals surface area contributed by atoms with Crippen molar-refractivity contribution in [3.05, 3.63) is 104 Å². The van der Waals surface area contributed by atoms with Crippen LogP contribution in [-0.4, -0.2) is 16.8 Å². The Labute approximate surface area is 194 Å². The Hall–Kier alpha value is -2.79. The van der Waals surface area contributed by atoms with Gasteiger partial charge in [0.15, 0.2) is 0 Å². The first-order valence-corrected chi connectivity index (χ1v) is 10.5. The highest BCUT2D eigenvalue weighted by Crippen LogP contribution is 2.43. The molecule has 0 aliphatic carbocycles. The molecule has 1 amide bonds. The number of nitrogens with zero attached hydrogens (tertiary/aromatic N) is 1. The van der Waals surface area contributed by atoms with Crippen molar-refractivity contribution in [1.29, 1.82) is 0 Å². The number of aliphatic hydroxyl groups excluding tert-OH is 1. The standard InChI is InChI=1S/C24H16Cl3NO3/c1-13-2-9-17(10-3-13)28-21(15-6-11-18(26)19(27)12-15)20(23(30)24(28)31)22(29)14-4-7-16(25)8-5-14/h2-12,21,29H,1H3/b22-20-. The minimum absolute atomic E-state index is 0.0358. The van der Waals surface area contributed by atoms with E-state index in [4.69, 9.17) is 34.8 Å². The topological polar surface area (TPSA) is 57.6 Å². The summed E-state index contributed by atoms with van der Waals surface area (Å²) in [6.07, 6.45) is 0. The van der Waals surface area contributed by atoms with E-state index in [-0.39, 0.29) is 16.4 Å². The van der Waals surface area contributed by atoms with E-state index < -0.39 is 17.7 Å². The molecule has 1 fully saturated rings. The first-order valence-electron chi connectivity index (χ1n) is 9.36. The molecule has 1 N–H and O–H groups in total. The molecule has 1 heterocycles. The molecule has 1 aliphatic heterocycles. The predicted octanol–water partition coefficient (Wildman–Crippen LogP) is 6.58. The van der Waals surface area contributed by atoms with Gasteiger partial charge in [0, 0.05) is 16.3 Å². The smallest absolute Gasteiger partial charge is 0.300 e. The van der Waals surface area contributed by atoms with Gasteiger partial charge in [-0.25, -0.2) is 0 Å². The zero-order valence-corrected chi connectivity index (χ0v) is 18.5. The summed E-state index contributed by atoms with van der Waals surface area (Å²) in [5.74, 6) is -1.82. The number of Topliss-reactive ketones (excluding diaryl/α,β-unsaturated/α-hetero) is 1. The molecule has 31 heavy (non-hydrogen) atoms. The highest BCUT2D eigenvalue weighted by Gasteiger charge is 2.47. The molecule has 0 saturated carbocycles. The fourth-order valence-electron chi connectivity index (χ4n) is 3.57. The van der Waals surface area contributed by atoms with Crippen LogP contribution in [0.2, 0.25) is 15.1 Å². The van der Waals surface area contributed by atoms with E-state index in [9.17, 15) is 14.7 Å². The number of ketones is 1. The lowest BCUT2D eigenvalue weighted by molar-refractivity contribution is -0.132. The Kier molecular flexibility index (Phi) is 5.80. The molecule has 4 nitrogen and oxygen atoms in total. The Bertz CT molecular complexity index is 1220. The maximum absolute atomic E-state index is 13.1. The number of halogens is 3. The fraction of sp³-hybridized carbons (Fsp3) is 0.0833. The molecule has 0 spiro atoms. The number of carbonyl (C=O) groups is 2. The lowest BCUT2D eigenvalue weighted by Crippen LogP contribution is -2.29. The van der Waals surface area contributed by atoms with Crippen LogP contribution in [0.25, 0.3) is 5.76 Å². The maximum atomic E-state index is 13.1. The molecule has 1 saturated heterocycles. The summed E-state index contributed by atoms with van der Waals surface area (Å²) < 4.78 is 0. The molecule has 3 aromatic carbocycles. The molecule has 1 unspecified atom stereocenters. The van der Waals surface area contributed by atoms with E-state index in [1.807, 2.05) is 19.1 Å². The van der Waals surface area contributed by atoms with Crippen molar-refractivity contribution in [1.82, 2.24) is 0 Å². The fourth-order valence-corrected chi connectivity index (χ4v) is 4.00. The van der Waals surface area contributed by atoms with Crippen LogP contribution >= 0.6 is 34.8 Å². The van der Waals surface area contributed by atoms with Gasteiger partial charge in [-0.3, -0.25) is 14.5 Å². The number of carbonyl (C=O) groups excluding carboxylic acids is 2. The van der Waals surface area contributed by atoms with Gasteiger partial charge in [0.05, 0.1) is 21.7 Å². The number of anilines is 1. The molecule has 7 heteroatoms. The number of amides is 1. The van der Waals surface area contributed by atoms with Crippen LogP contribution in [0.4, 0.5) is 5.69 Å². The van der Waals surface area contributed by atoms with Crippen LogP contribution in [0, 0.1) is 6.92 Å². The van der Waals surface area contributed by atoms with Gasteiger partial charge in [-0.15, -0.1) is 0 Å². The van der Waals surface area contributed by atoms with Crippen molar-refractivity contribution in [2.24, 2.45) is 0 Å². The lowest BCUT2D eigenvalue weighted by Gasteiger charge is -2.26. The predicted molar refractivity (Wildman–Crippen MR) is 124 cm³/mol. The third-order valence-electron chi connectivity index (χ3n) is 5.13. The van der Waals surface area contributed by atoms with Gasteiger partial charge in [-0.2, -0.15) is 0 Å². The summed E-state index contributed by atoms with van der Waals surface area (Å²) in [5.41, 5.74) is 2.42. The SMILES string of the molecule is Cc1ccc(N2C(=O)C(=O)/C(=C(\O)c3ccc(Cl)cc3)C2c2ccc(Cl)c(Cl)c2)cc1. The van der Waals surface area contributed by atoms with Gasteiger partial charge < -0.3 is 5.11 Å². The second kappa shape index (κ2) is 8.39. The maximum Gasteiger partial charge on any atom is 0.300 e. The monoisotopic (exact) mass is 471 g/mol. The molecule has 0 radical (unpaired) electrons. The quantitative estimate of drug-likeness (QED) is 0.266. The van der Waals surface area contributed by atoms with E-state index in [0.717, 1.165) is 5.56 Å². The number of benzene rings is 3. The number of hydrogen-bond acceptors (Lipinski definition) is 3. The summed E-state index contributed by atoms with van der Waals surface area (Å²) in [7, 11) is 0. The number of aliphatic hydroxyl groups is 1. The van der Waals surface area contributed by atoms with Gasteiger partial charge in [0.25, 0.3) is 11.7 Å². The molecular weight excluding hydrogens is 457 g/mol. The van der Waals surface area contributed by atoms with Gasteiger partial charge in [-0.1, -0.05) is 58.6 Å². The third-order valence-corrected chi connectivity index (χ3v) is 6.12. The first kappa shape index (κ1) is 21.4. The van der Waals surface area contributed by atoms with Crippen molar-refractivity contribution in [3.8, 4) is 0 Å². The van der Waals surface area contributed by atoms with E-state index in [2.05, 4.69) is 0 Å². The Morgan fingerprint density at radius 1 is 0.871 bits per heavy atom. The van der Waals surface area contributed by atoms with E-state index in [1.54, 1.807) is 54.6 Å². The van der Waals surface area contributed by atoms with Crippen LogP contribution in [-0.2, 0) is 9.59 Å². The molecule has 1 aliphatic rings. The van der Waals surface area contributed by atoms with Gasteiger partial charge >= 0.3 is 0 Å². The summed E-state index contributed by atoms with van der Waals surface area (Å²) in [6.45, 7) is 1.93.